The van der Waals surface area contributed by atoms with Crippen LogP contribution in [0.25, 0.3) is 10.8 Å². The number of rotatable bonds is 5. The summed E-state index contributed by atoms with van der Waals surface area (Å²) in [4.78, 5) is 14.7. The number of benzene rings is 2. The summed E-state index contributed by atoms with van der Waals surface area (Å²) >= 11 is 0. The topological polar surface area (TPSA) is 52.6 Å². The van der Waals surface area contributed by atoms with Gasteiger partial charge in [-0.2, -0.15) is 0 Å². The minimum absolute atomic E-state index is 0.0126. The second-order valence-electron chi connectivity index (χ2n) is 6.89. The first-order chi connectivity index (χ1) is 11.6. The molecule has 2 N–H and O–H groups in total. The van der Waals surface area contributed by atoms with Crippen molar-refractivity contribution in [2.45, 2.75) is 38.3 Å². The highest BCUT2D eigenvalue weighted by molar-refractivity contribution is 6.03. The predicted molar refractivity (Wildman–Crippen MR) is 98.0 cm³/mol. The Morgan fingerprint density at radius 2 is 2.00 bits per heavy atom. The molecule has 0 aliphatic heterocycles. The fourth-order valence-electron chi connectivity index (χ4n) is 3.53. The molecule has 0 spiro atoms. The summed E-state index contributed by atoms with van der Waals surface area (Å²) in [5.41, 5.74) is 0.847. The molecule has 4 heteroatoms. The first kappa shape index (κ1) is 16.9. The molecule has 0 heterocycles. The third-order valence-corrected chi connectivity index (χ3v) is 5.23. The first-order valence-electron chi connectivity index (χ1n) is 8.73. The maximum absolute atomic E-state index is 12.6. The van der Waals surface area contributed by atoms with Gasteiger partial charge in [-0.05, 0) is 44.2 Å². The van der Waals surface area contributed by atoms with Crippen LogP contribution in [0.4, 0.5) is 5.69 Å². The molecule has 2 aromatic carbocycles. The molecule has 24 heavy (non-hydrogen) atoms. The van der Waals surface area contributed by atoms with Gasteiger partial charge in [0.15, 0.2) is 0 Å². The minimum Gasteiger partial charge on any atom is -0.393 e. The van der Waals surface area contributed by atoms with E-state index >= 15 is 0 Å². The van der Waals surface area contributed by atoms with Gasteiger partial charge in [0.1, 0.15) is 0 Å². The largest absolute Gasteiger partial charge is 0.393 e. The lowest BCUT2D eigenvalue weighted by Crippen LogP contribution is -2.43. The average molecular weight is 326 g/mol. The molecular weight excluding hydrogens is 300 g/mol. The highest BCUT2D eigenvalue weighted by atomic mass is 16.3. The molecule has 1 fully saturated rings. The molecule has 1 aliphatic rings. The molecule has 1 saturated carbocycles. The first-order valence-corrected chi connectivity index (χ1v) is 8.73. The third kappa shape index (κ3) is 3.60. The van der Waals surface area contributed by atoms with E-state index in [0.29, 0.717) is 0 Å². The van der Waals surface area contributed by atoms with E-state index in [2.05, 4.69) is 5.32 Å². The highest BCUT2D eigenvalue weighted by Gasteiger charge is 2.29. The molecule has 2 aromatic rings. The number of amides is 1. The SMILES string of the molecule is CC(C(=O)Nc1cccc2ccccc12)N(C)CC1CCCC1O. The van der Waals surface area contributed by atoms with Gasteiger partial charge in [0.2, 0.25) is 5.91 Å². The Labute approximate surface area is 143 Å². The van der Waals surface area contributed by atoms with Crippen LogP contribution in [0, 0.1) is 5.92 Å². The summed E-state index contributed by atoms with van der Waals surface area (Å²) < 4.78 is 0. The summed E-state index contributed by atoms with van der Waals surface area (Å²) in [5.74, 6) is 0.268. The molecule has 128 valence electrons. The van der Waals surface area contributed by atoms with E-state index in [4.69, 9.17) is 0 Å². The van der Waals surface area contributed by atoms with E-state index in [0.717, 1.165) is 42.3 Å². The van der Waals surface area contributed by atoms with Crippen molar-refractivity contribution >= 4 is 22.4 Å². The Morgan fingerprint density at radius 3 is 2.75 bits per heavy atom. The Morgan fingerprint density at radius 1 is 1.25 bits per heavy atom. The van der Waals surface area contributed by atoms with Crippen molar-refractivity contribution in [3.63, 3.8) is 0 Å². The van der Waals surface area contributed by atoms with Gasteiger partial charge < -0.3 is 10.4 Å². The van der Waals surface area contributed by atoms with Crippen LogP contribution in [-0.4, -0.2) is 41.7 Å². The summed E-state index contributed by atoms with van der Waals surface area (Å²) in [6.07, 6.45) is 2.79. The molecule has 0 saturated heterocycles. The van der Waals surface area contributed by atoms with Gasteiger partial charge in [-0.1, -0.05) is 42.8 Å². The van der Waals surface area contributed by atoms with Crippen molar-refractivity contribution in [3.8, 4) is 0 Å². The summed E-state index contributed by atoms with van der Waals surface area (Å²) in [6.45, 7) is 2.67. The van der Waals surface area contributed by atoms with Crippen LogP contribution >= 0.6 is 0 Å². The van der Waals surface area contributed by atoms with Crippen molar-refractivity contribution in [2.75, 3.05) is 18.9 Å². The maximum Gasteiger partial charge on any atom is 0.241 e. The Balaban J connectivity index is 1.67. The zero-order chi connectivity index (χ0) is 17.1. The van der Waals surface area contributed by atoms with Crippen LogP contribution in [0.2, 0.25) is 0 Å². The normalized spacial score (nSPS) is 22.0. The molecular formula is C20H26N2O2. The summed E-state index contributed by atoms with van der Waals surface area (Å²) in [6, 6.07) is 13.7. The van der Waals surface area contributed by atoms with Gasteiger partial charge in [0.25, 0.3) is 0 Å². The number of likely N-dealkylation sites (N-methyl/N-ethyl adjacent to an activating group) is 1. The number of hydrogen-bond donors (Lipinski definition) is 2. The van der Waals surface area contributed by atoms with Gasteiger partial charge in [-0.15, -0.1) is 0 Å². The second-order valence-corrected chi connectivity index (χ2v) is 6.89. The molecule has 1 aliphatic carbocycles. The molecule has 3 unspecified atom stereocenters. The molecule has 0 bridgehead atoms. The van der Waals surface area contributed by atoms with Crippen LogP contribution in [0.1, 0.15) is 26.2 Å². The van der Waals surface area contributed by atoms with Crippen molar-refractivity contribution in [1.29, 1.82) is 0 Å². The van der Waals surface area contributed by atoms with E-state index in [9.17, 15) is 9.90 Å². The standard InChI is InChI=1S/C20H26N2O2/c1-14(22(2)13-16-9-6-12-19(16)23)20(24)21-18-11-5-8-15-7-3-4-10-17(15)18/h3-5,7-8,10-11,14,16,19,23H,6,9,12-13H2,1-2H3,(H,21,24). The van der Waals surface area contributed by atoms with E-state index in [1.807, 2.05) is 61.3 Å². The number of fused-ring (bicyclic) bond motifs is 1. The fraction of sp³-hybridized carbons (Fsp3) is 0.450. The van der Waals surface area contributed by atoms with Gasteiger partial charge in [-0.25, -0.2) is 0 Å². The van der Waals surface area contributed by atoms with E-state index in [1.165, 1.54) is 0 Å². The predicted octanol–water partition coefficient (Wildman–Crippen LogP) is 3.26. The monoisotopic (exact) mass is 326 g/mol. The van der Waals surface area contributed by atoms with Crippen molar-refractivity contribution in [3.05, 3.63) is 42.5 Å². The minimum atomic E-state index is -0.239. The second kappa shape index (κ2) is 7.32. The number of anilines is 1. The molecule has 0 aromatic heterocycles. The van der Waals surface area contributed by atoms with Gasteiger partial charge in [0, 0.05) is 17.6 Å². The lowest BCUT2D eigenvalue weighted by molar-refractivity contribution is -0.120. The molecule has 3 atom stereocenters. The van der Waals surface area contributed by atoms with Gasteiger partial charge >= 0.3 is 0 Å². The van der Waals surface area contributed by atoms with Crippen LogP contribution in [-0.2, 0) is 4.79 Å². The number of nitrogens with one attached hydrogen (secondary N) is 1. The number of aliphatic hydroxyl groups excluding tert-OH is 1. The molecule has 3 rings (SSSR count). The zero-order valence-electron chi connectivity index (χ0n) is 14.4. The van der Waals surface area contributed by atoms with Crippen LogP contribution in [0.3, 0.4) is 0 Å². The Hall–Kier alpha value is -1.91. The van der Waals surface area contributed by atoms with Crippen molar-refractivity contribution in [1.82, 2.24) is 4.90 Å². The number of aliphatic hydroxyl groups is 1. The lowest BCUT2D eigenvalue weighted by Gasteiger charge is -2.28. The third-order valence-electron chi connectivity index (χ3n) is 5.23. The Kier molecular flexibility index (Phi) is 5.17. The molecule has 1 amide bonds. The number of carbonyl (C=O) groups is 1. The average Bonchev–Trinajstić information content (AvgIpc) is 2.99. The number of hydrogen-bond acceptors (Lipinski definition) is 3. The maximum atomic E-state index is 12.6. The van der Waals surface area contributed by atoms with E-state index in [1.54, 1.807) is 0 Å². The van der Waals surface area contributed by atoms with Crippen molar-refractivity contribution < 1.29 is 9.90 Å². The quantitative estimate of drug-likeness (QED) is 0.887. The van der Waals surface area contributed by atoms with Crippen LogP contribution in [0.5, 0.6) is 0 Å². The van der Waals surface area contributed by atoms with Gasteiger partial charge in [-0.3, -0.25) is 9.69 Å². The summed E-state index contributed by atoms with van der Waals surface area (Å²) in [7, 11) is 1.96. The fourth-order valence-corrected chi connectivity index (χ4v) is 3.53. The van der Waals surface area contributed by atoms with Crippen LogP contribution in [0.15, 0.2) is 42.5 Å². The molecule has 0 radical (unpaired) electrons. The van der Waals surface area contributed by atoms with E-state index < -0.39 is 0 Å². The van der Waals surface area contributed by atoms with Crippen molar-refractivity contribution in [2.24, 2.45) is 5.92 Å². The smallest absolute Gasteiger partial charge is 0.241 e. The molecule has 4 nitrogen and oxygen atoms in total. The highest BCUT2D eigenvalue weighted by Crippen LogP contribution is 2.27. The van der Waals surface area contributed by atoms with Gasteiger partial charge in [0.05, 0.1) is 12.1 Å². The zero-order valence-corrected chi connectivity index (χ0v) is 14.4. The van der Waals surface area contributed by atoms with Crippen LogP contribution < -0.4 is 5.32 Å². The lowest BCUT2D eigenvalue weighted by atomic mass is 10.0. The summed E-state index contributed by atoms with van der Waals surface area (Å²) in [5, 5.41) is 15.2. The number of carbonyl (C=O) groups excluding carboxylic acids is 1. The van der Waals surface area contributed by atoms with E-state index in [-0.39, 0.29) is 24.0 Å². The Bertz CT molecular complexity index is 710. The number of nitrogens with zero attached hydrogens (tertiary/aromatic N) is 1.